The largest absolute Gasteiger partial charge is 0.357 e. The van der Waals surface area contributed by atoms with Crippen LogP contribution in [0.5, 0.6) is 0 Å². The van der Waals surface area contributed by atoms with E-state index in [0.29, 0.717) is 44.1 Å². The zero-order valence-corrected chi connectivity index (χ0v) is 20.7. The minimum atomic E-state index is -0.862. The summed E-state index contributed by atoms with van der Waals surface area (Å²) < 4.78 is 15.6. The van der Waals surface area contributed by atoms with Gasteiger partial charge in [0.25, 0.3) is 0 Å². The molecule has 3 aliphatic carbocycles. The highest BCUT2D eigenvalue weighted by Gasteiger charge is 2.70. The third-order valence-corrected chi connectivity index (χ3v) is 8.37. The Balaban J connectivity index is 1.02. The van der Waals surface area contributed by atoms with E-state index in [0.717, 1.165) is 53.1 Å². The summed E-state index contributed by atoms with van der Waals surface area (Å²) in [5.41, 5.74) is 3.84. The minimum absolute atomic E-state index is 0.126. The third kappa shape index (κ3) is 3.90. The lowest BCUT2D eigenvalue weighted by molar-refractivity contribution is -0.226. The molecule has 1 aliphatic heterocycles. The van der Waals surface area contributed by atoms with Gasteiger partial charge in [0.15, 0.2) is 5.82 Å². The van der Waals surface area contributed by atoms with Crippen LogP contribution in [0.2, 0.25) is 0 Å². The third-order valence-electron chi connectivity index (χ3n) is 8.37. The lowest BCUT2D eigenvalue weighted by atomic mass is 9.40. The van der Waals surface area contributed by atoms with Crippen LogP contribution < -0.4 is 10.2 Å². The van der Waals surface area contributed by atoms with E-state index in [1.54, 1.807) is 28.3 Å². The molecule has 190 valence electrons. The molecule has 2 N–H and O–H groups in total. The molecule has 10 heteroatoms. The van der Waals surface area contributed by atoms with Crippen molar-refractivity contribution in [1.29, 1.82) is 0 Å². The van der Waals surface area contributed by atoms with Gasteiger partial charge in [0, 0.05) is 60.1 Å². The van der Waals surface area contributed by atoms with E-state index in [2.05, 4.69) is 43.3 Å². The monoisotopic (exact) mass is 500 g/mol. The van der Waals surface area contributed by atoms with Crippen molar-refractivity contribution < 1.29 is 9.18 Å². The van der Waals surface area contributed by atoms with Crippen LogP contribution in [0.15, 0.2) is 43.1 Å². The van der Waals surface area contributed by atoms with Gasteiger partial charge in [0.1, 0.15) is 12.0 Å². The predicted molar refractivity (Wildman–Crippen MR) is 136 cm³/mol. The van der Waals surface area contributed by atoms with E-state index >= 15 is 0 Å². The number of amides is 1. The van der Waals surface area contributed by atoms with Crippen LogP contribution in [0, 0.1) is 5.41 Å². The number of aromatic nitrogens is 6. The van der Waals surface area contributed by atoms with Crippen molar-refractivity contribution in [1.82, 2.24) is 35.0 Å². The molecule has 1 atom stereocenters. The fraction of sp³-hybridized carbons (Fsp3) is 0.444. The van der Waals surface area contributed by atoms with Gasteiger partial charge in [-0.25, -0.2) is 14.1 Å². The molecule has 4 aromatic rings. The predicted octanol–water partition coefficient (Wildman–Crippen LogP) is 3.76. The molecule has 3 saturated carbocycles. The van der Waals surface area contributed by atoms with Crippen molar-refractivity contribution in [2.75, 3.05) is 11.4 Å². The quantitative estimate of drug-likeness (QED) is 0.382. The van der Waals surface area contributed by atoms with Gasteiger partial charge in [-0.05, 0) is 56.2 Å². The summed E-state index contributed by atoms with van der Waals surface area (Å²) in [6.45, 7) is 4.09. The number of aromatic amines is 1. The summed E-state index contributed by atoms with van der Waals surface area (Å²) in [6.07, 6.45) is 10.5. The molecule has 1 saturated heterocycles. The van der Waals surface area contributed by atoms with Gasteiger partial charge in [-0.1, -0.05) is 0 Å². The molecule has 0 spiro atoms. The maximum absolute atomic E-state index is 13.9. The first-order valence-corrected chi connectivity index (χ1v) is 12.9. The topological polar surface area (TPSA) is 105 Å². The highest BCUT2D eigenvalue weighted by atomic mass is 19.1. The number of H-pyrrole nitrogens is 1. The van der Waals surface area contributed by atoms with Crippen LogP contribution in [-0.4, -0.2) is 53.9 Å². The first kappa shape index (κ1) is 22.5. The van der Waals surface area contributed by atoms with Gasteiger partial charge in [0.05, 0.1) is 24.1 Å². The fourth-order valence-electron chi connectivity index (χ4n) is 6.28. The Bertz CT molecular complexity index is 1490. The average Bonchev–Trinajstić information content (AvgIpc) is 3.59. The second-order valence-corrected chi connectivity index (χ2v) is 11.1. The number of alkyl halides is 1. The second-order valence-electron chi connectivity index (χ2n) is 11.1. The number of halogens is 1. The number of fused-ring (bicyclic) bond motifs is 1. The van der Waals surface area contributed by atoms with Gasteiger partial charge < -0.3 is 15.2 Å². The number of hydrogen-bond acceptors (Lipinski definition) is 6. The Morgan fingerprint density at radius 3 is 2.81 bits per heavy atom. The van der Waals surface area contributed by atoms with E-state index in [9.17, 15) is 9.18 Å². The Labute approximate surface area is 213 Å². The van der Waals surface area contributed by atoms with Crippen LogP contribution in [0.1, 0.15) is 50.4 Å². The first-order chi connectivity index (χ1) is 17.9. The van der Waals surface area contributed by atoms with Crippen molar-refractivity contribution >= 4 is 22.5 Å². The van der Waals surface area contributed by atoms with Crippen LogP contribution in [-0.2, 0) is 17.9 Å². The number of pyridine rings is 2. The molecule has 4 aliphatic rings. The Kier molecular flexibility index (Phi) is 4.98. The molecular formula is C27H29FN8O. The number of carbonyl (C=O) groups is 1. The summed E-state index contributed by atoms with van der Waals surface area (Å²) in [5.74, 6) is 0.688. The van der Waals surface area contributed by atoms with E-state index in [1.165, 1.54) is 0 Å². The van der Waals surface area contributed by atoms with Crippen molar-refractivity contribution in [2.24, 2.45) is 5.41 Å². The summed E-state index contributed by atoms with van der Waals surface area (Å²) in [7, 11) is 0. The first-order valence-electron chi connectivity index (χ1n) is 12.9. The summed E-state index contributed by atoms with van der Waals surface area (Å²) in [6, 6.07) is 6.37. The fourth-order valence-corrected chi connectivity index (χ4v) is 6.28. The number of carbonyl (C=O) groups excluding carboxylic acids is 1. The van der Waals surface area contributed by atoms with E-state index in [4.69, 9.17) is 0 Å². The van der Waals surface area contributed by atoms with E-state index in [-0.39, 0.29) is 11.3 Å². The molecule has 1 amide bonds. The molecule has 5 heterocycles. The van der Waals surface area contributed by atoms with Gasteiger partial charge in [0.2, 0.25) is 5.91 Å². The average molecular weight is 501 g/mol. The summed E-state index contributed by atoms with van der Waals surface area (Å²) >= 11 is 0. The maximum atomic E-state index is 13.9. The van der Waals surface area contributed by atoms with Gasteiger partial charge in [-0.3, -0.25) is 14.8 Å². The van der Waals surface area contributed by atoms with Crippen molar-refractivity contribution in [3.8, 4) is 11.4 Å². The number of nitrogens with zero attached hydrogens (tertiary/aromatic N) is 6. The van der Waals surface area contributed by atoms with E-state index < -0.39 is 5.67 Å². The number of nitrogens with one attached hydrogen (secondary N) is 2. The lowest BCUT2D eigenvalue weighted by Gasteiger charge is -2.68. The highest BCUT2D eigenvalue weighted by molar-refractivity contribution is 5.95. The van der Waals surface area contributed by atoms with E-state index in [1.807, 2.05) is 18.3 Å². The van der Waals surface area contributed by atoms with Gasteiger partial charge in [-0.2, -0.15) is 5.10 Å². The van der Waals surface area contributed by atoms with Crippen molar-refractivity contribution in [3.63, 3.8) is 0 Å². The zero-order valence-electron chi connectivity index (χ0n) is 20.7. The second kappa shape index (κ2) is 8.17. The lowest BCUT2D eigenvalue weighted by Crippen LogP contribution is -2.70. The molecule has 37 heavy (non-hydrogen) atoms. The molecule has 8 rings (SSSR count). The van der Waals surface area contributed by atoms with Crippen LogP contribution in [0.4, 0.5) is 10.1 Å². The molecule has 0 radical (unpaired) electrons. The number of anilines is 1. The summed E-state index contributed by atoms with van der Waals surface area (Å²) in [5, 5.41) is 9.26. The van der Waals surface area contributed by atoms with Crippen LogP contribution in [0.25, 0.3) is 22.3 Å². The summed E-state index contributed by atoms with van der Waals surface area (Å²) in [4.78, 5) is 30.7. The number of hydrogen-bond donors (Lipinski definition) is 2. The van der Waals surface area contributed by atoms with Crippen molar-refractivity contribution in [3.05, 3.63) is 54.5 Å². The molecule has 4 fully saturated rings. The maximum Gasteiger partial charge on any atom is 0.227 e. The highest BCUT2D eigenvalue weighted by Crippen LogP contribution is 2.70. The van der Waals surface area contributed by atoms with Gasteiger partial charge >= 0.3 is 0 Å². The SMILES string of the molecule is CC(NCc1cc2cnc(Cn3cnc(-c4cncc(N5CCCC5=O)c4)n3)cc2[nH]1)C12CC(F)(C1)C2. The normalized spacial score (nSPS) is 25.4. The molecule has 2 bridgehead atoms. The van der Waals surface area contributed by atoms with Gasteiger partial charge in [-0.15, -0.1) is 0 Å². The van der Waals surface area contributed by atoms with Crippen molar-refractivity contribution in [2.45, 2.75) is 63.8 Å². The standard InChI is InChI=1S/C27H29FN8O/c1-17(26-13-27(28,14-26)15-26)30-10-20-5-18-9-31-21(7-23(18)33-20)12-35-16-32-25(34-35)19-6-22(11-29-8-19)36-4-2-3-24(36)37/h5-9,11,16-17,30,33H,2-4,10,12-15H2,1H3. The Hall–Kier alpha value is -3.66. The smallest absolute Gasteiger partial charge is 0.227 e. The van der Waals surface area contributed by atoms with Crippen LogP contribution >= 0.6 is 0 Å². The molecule has 4 aromatic heterocycles. The molecule has 1 unspecified atom stereocenters. The van der Waals surface area contributed by atoms with Crippen LogP contribution in [0.3, 0.4) is 0 Å². The Morgan fingerprint density at radius 1 is 1.16 bits per heavy atom. The molecule has 9 nitrogen and oxygen atoms in total. The molecular weight excluding hydrogens is 471 g/mol. The number of rotatable bonds is 8. The Morgan fingerprint density at radius 2 is 2.03 bits per heavy atom. The zero-order chi connectivity index (χ0) is 25.2. The molecule has 0 aromatic carbocycles. The minimum Gasteiger partial charge on any atom is -0.357 e.